The van der Waals surface area contributed by atoms with Crippen LogP contribution < -0.4 is 15.4 Å². The first kappa shape index (κ1) is 19.6. The van der Waals surface area contributed by atoms with Crippen molar-refractivity contribution >= 4 is 11.8 Å². The van der Waals surface area contributed by atoms with Gasteiger partial charge in [0.15, 0.2) is 0 Å². The van der Waals surface area contributed by atoms with Gasteiger partial charge in [-0.05, 0) is 37.2 Å². The van der Waals surface area contributed by atoms with Gasteiger partial charge in [-0.1, -0.05) is 0 Å². The first-order valence-electron chi connectivity index (χ1n) is 9.70. The second kappa shape index (κ2) is 9.71. The Morgan fingerprint density at radius 2 is 1.93 bits per heavy atom. The predicted octanol–water partition coefficient (Wildman–Crippen LogP) is 1.18. The van der Waals surface area contributed by atoms with Crippen LogP contribution in [0, 0.1) is 0 Å². The van der Waals surface area contributed by atoms with E-state index in [1.807, 2.05) is 17.0 Å². The molecule has 1 unspecified atom stereocenters. The van der Waals surface area contributed by atoms with Crippen LogP contribution >= 0.6 is 0 Å². The van der Waals surface area contributed by atoms with E-state index in [-0.39, 0.29) is 24.0 Å². The molecule has 7 heteroatoms. The number of nitrogens with one attached hydrogen (secondary N) is 2. The normalized spacial score (nSPS) is 20.5. The summed E-state index contributed by atoms with van der Waals surface area (Å²) >= 11 is 0. The van der Waals surface area contributed by atoms with Crippen LogP contribution in [0.4, 0.5) is 0 Å². The Morgan fingerprint density at radius 3 is 2.56 bits per heavy atom. The van der Waals surface area contributed by atoms with E-state index in [4.69, 9.17) is 9.47 Å². The van der Waals surface area contributed by atoms with Gasteiger partial charge in [0.1, 0.15) is 11.9 Å². The van der Waals surface area contributed by atoms with E-state index in [0.29, 0.717) is 31.7 Å². The number of methoxy groups -OCH3 is 1. The summed E-state index contributed by atoms with van der Waals surface area (Å²) in [5.41, 5.74) is 0.646. The van der Waals surface area contributed by atoms with Crippen molar-refractivity contribution in [1.29, 1.82) is 0 Å². The standard InChI is InChI=1S/C20H29N3O4/c1-26-13-9-19(24)23-11-7-18(8-12-23)27-17-4-2-15(3-5-17)20(25)22-16-6-10-21-14-16/h2-5,16,18,21H,6-14H2,1H3,(H,22,25). The van der Waals surface area contributed by atoms with Crippen molar-refractivity contribution in [3.05, 3.63) is 29.8 Å². The van der Waals surface area contributed by atoms with Crippen LogP contribution in [0.1, 0.15) is 36.0 Å². The van der Waals surface area contributed by atoms with Gasteiger partial charge in [0, 0.05) is 51.2 Å². The predicted molar refractivity (Wildman–Crippen MR) is 102 cm³/mol. The molecule has 2 N–H and O–H groups in total. The third-order valence-electron chi connectivity index (χ3n) is 5.13. The smallest absolute Gasteiger partial charge is 0.251 e. The molecular formula is C20H29N3O4. The number of carbonyl (C=O) groups is 2. The van der Waals surface area contributed by atoms with Crippen molar-refractivity contribution in [3.8, 4) is 5.75 Å². The Balaban J connectivity index is 1.43. The molecule has 2 heterocycles. The van der Waals surface area contributed by atoms with Crippen molar-refractivity contribution in [2.24, 2.45) is 0 Å². The first-order chi connectivity index (χ1) is 13.2. The SMILES string of the molecule is COCCC(=O)N1CCC(Oc2ccc(C(=O)NC3CCNC3)cc2)CC1. The monoisotopic (exact) mass is 375 g/mol. The minimum absolute atomic E-state index is 0.0434. The Bertz CT molecular complexity index is 621. The van der Waals surface area contributed by atoms with Crippen LogP contribution in [0.5, 0.6) is 5.75 Å². The molecule has 0 radical (unpaired) electrons. The molecule has 27 heavy (non-hydrogen) atoms. The molecule has 148 valence electrons. The van der Waals surface area contributed by atoms with Crippen LogP contribution in [-0.2, 0) is 9.53 Å². The molecule has 3 rings (SSSR count). The second-order valence-corrected chi connectivity index (χ2v) is 7.13. The van der Waals surface area contributed by atoms with Gasteiger partial charge in [0.2, 0.25) is 5.91 Å². The summed E-state index contributed by atoms with van der Waals surface area (Å²) in [4.78, 5) is 26.1. The Kier molecular flexibility index (Phi) is 7.06. The van der Waals surface area contributed by atoms with Crippen molar-refractivity contribution < 1.29 is 19.1 Å². The number of carbonyl (C=O) groups excluding carboxylic acids is 2. The second-order valence-electron chi connectivity index (χ2n) is 7.13. The summed E-state index contributed by atoms with van der Waals surface area (Å²) in [6.07, 6.45) is 3.13. The zero-order valence-corrected chi connectivity index (χ0v) is 15.9. The average molecular weight is 375 g/mol. The van der Waals surface area contributed by atoms with Gasteiger partial charge < -0.3 is 25.0 Å². The molecule has 2 aliphatic heterocycles. The zero-order valence-electron chi connectivity index (χ0n) is 15.9. The topological polar surface area (TPSA) is 79.9 Å². The highest BCUT2D eigenvalue weighted by Gasteiger charge is 2.24. The van der Waals surface area contributed by atoms with Crippen LogP contribution in [0.3, 0.4) is 0 Å². The minimum Gasteiger partial charge on any atom is -0.490 e. The quantitative estimate of drug-likeness (QED) is 0.748. The van der Waals surface area contributed by atoms with Crippen LogP contribution in [0.2, 0.25) is 0 Å². The number of likely N-dealkylation sites (tertiary alicyclic amines) is 1. The number of benzene rings is 1. The van der Waals surface area contributed by atoms with Crippen LogP contribution in [-0.4, -0.2) is 68.8 Å². The van der Waals surface area contributed by atoms with Gasteiger partial charge in [0.05, 0.1) is 13.0 Å². The lowest BCUT2D eigenvalue weighted by atomic mass is 10.1. The molecule has 2 amide bonds. The third-order valence-corrected chi connectivity index (χ3v) is 5.13. The van der Waals surface area contributed by atoms with Crippen molar-refractivity contribution in [3.63, 3.8) is 0 Å². The number of hydrogen-bond donors (Lipinski definition) is 2. The summed E-state index contributed by atoms with van der Waals surface area (Å²) in [6.45, 7) is 3.67. The molecule has 1 atom stereocenters. The molecule has 1 aromatic rings. The number of hydrogen-bond acceptors (Lipinski definition) is 5. The van der Waals surface area contributed by atoms with E-state index in [9.17, 15) is 9.59 Å². The number of rotatable bonds is 7. The summed E-state index contributed by atoms with van der Waals surface area (Å²) in [6, 6.07) is 7.51. The fourth-order valence-electron chi connectivity index (χ4n) is 3.49. The fourth-order valence-corrected chi connectivity index (χ4v) is 3.49. The molecular weight excluding hydrogens is 346 g/mol. The molecule has 2 aliphatic rings. The highest BCUT2D eigenvalue weighted by Crippen LogP contribution is 2.20. The van der Waals surface area contributed by atoms with E-state index in [1.165, 1.54) is 0 Å². The van der Waals surface area contributed by atoms with Gasteiger partial charge in [0.25, 0.3) is 5.91 Å². The third kappa shape index (κ3) is 5.68. The Hall–Kier alpha value is -2.12. The highest BCUT2D eigenvalue weighted by molar-refractivity contribution is 5.94. The molecule has 0 aromatic heterocycles. The lowest BCUT2D eigenvalue weighted by Gasteiger charge is -2.32. The highest BCUT2D eigenvalue weighted by atomic mass is 16.5. The number of amides is 2. The molecule has 2 saturated heterocycles. The molecule has 0 aliphatic carbocycles. The summed E-state index contributed by atoms with van der Waals surface area (Å²) < 4.78 is 11.0. The minimum atomic E-state index is -0.0434. The fraction of sp³-hybridized carbons (Fsp3) is 0.600. The molecule has 0 saturated carbocycles. The molecule has 7 nitrogen and oxygen atoms in total. The van der Waals surface area contributed by atoms with E-state index in [2.05, 4.69) is 10.6 Å². The van der Waals surface area contributed by atoms with Crippen LogP contribution in [0.15, 0.2) is 24.3 Å². The average Bonchev–Trinajstić information content (AvgIpc) is 3.20. The molecule has 0 spiro atoms. The lowest BCUT2D eigenvalue weighted by Crippen LogP contribution is -2.42. The molecule has 1 aromatic carbocycles. The lowest BCUT2D eigenvalue weighted by molar-refractivity contribution is -0.133. The van der Waals surface area contributed by atoms with E-state index < -0.39 is 0 Å². The zero-order chi connectivity index (χ0) is 19.1. The number of nitrogens with zero attached hydrogens (tertiary/aromatic N) is 1. The van der Waals surface area contributed by atoms with Gasteiger partial charge in [-0.25, -0.2) is 0 Å². The van der Waals surface area contributed by atoms with Gasteiger partial charge in [-0.15, -0.1) is 0 Å². The summed E-state index contributed by atoms with van der Waals surface area (Å²) in [7, 11) is 1.61. The Labute approximate surface area is 160 Å². The van der Waals surface area contributed by atoms with Gasteiger partial charge >= 0.3 is 0 Å². The van der Waals surface area contributed by atoms with E-state index in [0.717, 1.165) is 38.1 Å². The largest absolute Gasteiger partial charge is 0.490 e. The van der Waals surface area contributed by atoms with Crippen LogP contribution in [0.25, 0.3) is 0 Å². The molecule has 0 bridgehead atoms. The van der Waals surface area contributed by atoms with Gasteiger partial charge in [-0.2, -0.15) is 0 Å². The summed E-state index contributed by atoms with van der Waals surface area (Å²) in [5.74, 6) is 0.861. The van der Waals surface area contributed by atoms with E-state index in [1.54, 1.807) is 19.2 Å². The maximum Gasteiger partial charge on any atom is 0.251 e. The Morgan fingerprint density at radius 1 is 1.19 bits per heavy atom. The van der Waals surface area contributed by atoms with Crippen molar-refractivity contribution in [2.45, 2.75) is 37.8 Å². The maximum atomic E-state index is 12.3. The van der Waals surface area contributed by atoms with Crippen molar-refractivity contribution in [2.75, 3.05) is 39.9 Å². The number of ether oxygens (including phenoxy) is 2. The van der Waals surface area contributed by atoms with Crippen molar-refractivity contribution in [1.82, 2.24) is 15.5 Å². The van der Waals surface area contributed by atoms with Gasteiger partial charge in [-0.3, -0.25) is 9.59 Å². The summed E-state index contributed by atoms with van der Waals surface area (Å²) in [5, 5.41) is 6.28. The van der Waals surface area contributed by atoms with E-state index >= 15 is 0 Å². The molecule has 2 fully saturated rings. The first-order valence-corrected chi connectivity index (χ1v) is 9.70. The number of piperidine rings is 1. The maximum absolute atomic E-state index is 12.3.